The third-order valence-electron chi connectivity index (χ3n) is 3.03. The van der Waals surface area contributed by atoms with Gasteiger partial charge in [0.15, 0.2) is 0 Å². The molecule has 118 valence electrons. The van der Waals surface area contributed by atoms with Crippen molar-refractivity contribution >= 4 is 21.7 Å². The number of nitrogens with zero attached hydrogens (tertiary/aromatic N) is 1. The number of aromatic amines is 1. The van der Waals surface area contributed by atoms with Crippen LogP contribution in [0.5, 0.6) is 0 Å². The van der Waals surface area contributed by atoms with Gasteiger partial charge in [-0.3, -0.25) is 9.78 Å². The van der Waals surface area contributed by atoms with E-state index in [4.69, 9.17) is 10.2 Å². The summed E-state index contributed by atoms with van der Waals surface area (Å²) < 4.78 is 22.3. The Morgan fingerprint density at radius 1 is 1.32 bits per heavy atom. The van der Waals surface area contributed by atoms with Crippen molar-refractivity contribution in [3.05, 3.63) is 45.9 Å². The molecule has 0 saturated heterocycles. The lowest BCUT2D eigenvalue weighted by atomic mass is 10.2. The number of hydrogen-bond donors (Lipinski definition) is 4. The number of aliphatic hydroxyl groups excluding tert-OH is 1. The van der Waals surface area contributed by atoms with Crippen molar-refractivity contribution in [2.75, 3.05) is 11.9 Å². The average molecular weight is 324 g/mol. The largest absolute Gasteiger partial charge is 0.396 e. The number of sulfonamides is 1. The highest BCUT2D eigenvalue weighted by Crippen LogP contribution is 2.16. The summed E-state index contributed by atoms with van der Waals surface area (Å²) in [7, 11) is -3.74. The van der Waals surface area contributed by atoms with Gasteiger partial charge in [-0.1, -0.05) is 0 Å². The molecule has 0 saturated carbocycles. The van der Waals surface area contributed by atoms with Crippen molar-refractivity contribution in [3.8, 4) is 0 Å². The van der Waals surface area contributed by atoms with Gasteiger partial charge in [0.25, 0.3) is 5.56 Å². The Balaban J connectivity index is 2.26. The van der Waals surface area contributed by atoms with Gasteiger partial charge in [-0.15, -0.1) is 0 Å². The second kappa shape index (κ2) is 6.26. The van der Waals surface area contributed by atoms with Gasteiger partial charge in [0, 0.05) is 24.3 Å². The first kappa shape index (κ1) is 16.1. The molecule has 5 N–H and O–H groups in total. The minimum atomic E-state index is -3.74. The fourth-order valence-electron chi connectivity index (χ4n) is 1.94. The molecular formula is C13H16N4O4S. The number of rotatable bonds is 5. The third kappa shape index (κ3) is 3.70. The van der Waals surface area contributed by atoms with Crippen molar-refractivity contribution in [1.29, 1.82) is 0 Å². The number of aliphatic hydroxyl groups is 1. The van der Waals surface area contributed by atoms with Crippen molar-refractivity contribution < 1.29 is 13.5 Å². The molecule has 1 heterocycles. The maximum Gasteiger partial charge on any atom is 0.255 e. The first-order valence-electron chi connectivity index (χ1n) is 6.42. The predicted molar refractivity (Wildman–Crippen MR) is 81.5 cm³/mol. The van der Waals surface area contributed by atoms with Crippen LogP contribution in [0.1, 0.15) is 11.3 Å². The summed E-state index contributed by atoms with van der Waals surface area (Å²) in [6.45, 7) is 1.54. The van der Waals surface area contributed by atoms with Gasteiger partial charge >= 0.3 is 0 Å². The number of H-pyrrole nitrogens is 1. The molecule has 9 heteroatoms. The van der Waals surface area contributed by atoms with E-state index in [-0.39, 0.29) is 29.4 Å². The molecule has 0 unspecified atom stereocenters. The van der Waals surface area contributed by atoms with Crippen LogP contribution in [-0.4, -0.2) is 30.1 Å². The maximum atomic E-state index is 11.9. The van der Waals surface area contributed by atoms with Crippen LogP contribution in [-0.2, 0) is 16.4 Å². The highest BCUT2D eigenvalue weighted by Gasteiger charge is 2.09. The zero-order valence-electron chi connectivity index (χ0n) is 11.8. The minimum Gasteiger partial charge on any atom is -0.396 e. The van der Waals surface area contributed by atoms with E-state index in [1.807, 2.05) is 0 Å². The summed E-state index contributed by atoms with van der Waals surface area (Å²) in [6.07, 6.45) is 0.234. The fraction of sp³-hybridized carbons (Fsp3) is 0.231. The highest BCUT2D eigenvalue weighted by molar-refractivity contribution is 7.89. The fourth-order valence-corrected chi connectivity index (χ4v) is 2.46. The summed E-state index contributed by atoms with van der Waals surface area (Å²) in [6, 6.07) is 5.72. The van der Waals surface area contributed by atoms with Crippen LogP contribution in [0, 0.1) is 6.92 Å². The van der Waals surface area contributed by atoms with Gasteiger partial charge in [-0.2, -0.15) is 0 Å². The Bertz CT molecular complexity index is 828. The average Bonchev–Trinajstić information content (AvgIpc) is 2.42. The van der Waals surface area contributed by atoms with Gasteiger partial charge in [-0.05, 0) is 31.2 Å². The van der Waals surface area contributed by atoms with E-state index in [0.29, 0.717) is 16.9 Å². The number of benzene rings is 1. The summed E-state index contributed by atoms with van der Waals surface area (Å²) in [5, 5.41) is 16.8. The van der Waals surface area contributed by atoms with E-state index >= 15 is 0 Å². The van der Waals surface area contributed by atoms with Gasteiger partial charge in [0.05, 0.1) is 10.6 Å². The van der Waals surface area contributed by atoms with Crippen LogP contribution in [0.3, 0.4) is 0 Å². The van der Waals surface area contributed by atoms with Crippen LogP contribution in [0.15, 0.2) is 34.0 Å². The standard InChI is InChI=1S/C13H16N4O4S/c1-8-11(6-7-18)12(19)17-13(15-8)16-9-2-4-10(5-3-9)22(14,20)21/h2-5,18H,6-7H2,1H3,(H2,14,20,21)(H2,15,16,17,19). The Morgan fingerprint density at radius 3 is 2.45 bits per heavy atom. The second-order valence-corrected chi connectivity index (χ2v) is 6.21. The van der Waals surface area contributed by atoms with E-state index in [1.54, 1.807) is 6.92 Å². The molecule has 0 spiro atoms. The van der Waals surface area contributed by atoms with Crippen LogP contribution >= 0.6 is 0 Å². The minimum absolute atomic E-state index is 0.00558. The molecule has 0 aliphatic heterocycles. The van der Waals surface area contributed by atoms with Gasteiger partial charge < -0.3 is 10.4 Å². The Kier molecular flexibility index (Phi) is 4.59. The molecule has 2 aromatic rings. The smallest absolute Gasteiger partial charge is 0.255 e. The number of hydrogen-bond acceptors (Lipinski definition) is 6. The van der Waals surface area contributed by atoms with Gasteiger partial charge in [-0.25, -0.2) is 18.5 Å². The normalized spacial score (nSPS) is 11.4. The summed E-state index contributed by atoms with van der Waals surface area (Å²) >= 11 is 0. The Hall–Kier alpha value is -2.23. The van der Waals surface area contributed by atoms with Crippen molar-refractivity contribution in [3.63, 3.8) is 0 Å². The van der Waals surface area contributed by atoms with E-state index in [2.05, 4.69) is 15.3 Å². The van der Waals surface area contributed by atoms with E-state index in [1.165, 1.54) is 24.3 Å². The number of nitrogens with one attached hydrogen (secondary N) is 2. The third-order valence-corrected chi connectivity index (χ3v) is 3.96. The molecule has 0 aliphatic rings. The number of nitrogens with two attached hydrogens (primary N) is 1. The molecule has 8 nitrogen and oxygen atoms in total. The zero-order valence-corrected chi connectivity index (χ0v) is 12.6. The molecule has 0 fully saturated rings. The summed E-state index contributed by atoms with van der Waals surface area (Å²) in [5.41, 5.74) is 1.16. The first-order valence-corrected chi connectivity index (χ1v) is 7.96. The molecule has 0 bridgehead atoms. The lowest BCUT2D eigenvalue weighted by Crippen LogP contribution is -2.19. The summed E-state index contributed by atoms with van der Waals surface area (Å²) in [4.78, 5) is 18.6. The molecule has 1 aromatic carbocycles. The van der Waals surface area contributed by atoms with E-state index in [9.17, 15) is 13.2 Å². The monoisotopic (exact) mass is 324 g/mol. The first-order chi connectivity index (χ1) is 10.3. The Labute approximate surface area is 127 Å². The van der Waals surface area contributed by atoms with Crippen molar-refractivity contribution in [1.82, 2.24) is 9.97 Å². The van der Waals surface area contributed by atoms with E-state index in [0.717, 1.165) is 0 Å². The maximum absolute atomic E-state index is 11.9. The number of anilines is 2. The van der Waals surface area contributed by atoms with Crippen molar-refractivity contribution in [2.45, 2.75) is 18.2 Å². The molecule has 0 atom stereocenters. The zero-order chi connectivity index (χ0) is 16.3. The van der Waals surface area contributed by atoms with Crippen LogP contribution in [0.2, 0.25) is 0 Å². The molecular weight excluding hydrogens is 308 g/mol. The van der Waals surface area contributed by atoms with Crippen LogP contribution in [0.25, 0.3) is 0 Å². The number of aromatic nitrogens is 2. The van der Waals surface area contributed by atoms with Gasteiger partial charge in [0.1, 0.15) is 0 Å². The lowest BCUT2D eigenvalue weighted by molar-refractivity contribution is 0.298. The molecule has 1 aromatic heterocycles. The number of primary sulfonamides is 1. The quantitative estimate of drug-likeness (QED) is 0.611. The predicted octanol–water partition coefficient (Wildman–Crippen LogP) is 0.00412. The van der Waals surface area contributed by atoms with Crippen LogP contribution in [0.4, 0.5) is 11.6 Å². The van der Waals surface area contributed by atoms with Crippen molar-refractivity contribution in [2.24, 2.45) is 5.14 Å². The van der Waals surface area contributed by atoms with E-state index < -0.39 is 10.0 Å². The van der Waals surface area contributed by atoms with Gasteiger partial charge in [0.2, 0.25) is 16.0 Å². The second-order valence-electron chi connectivity index (χ2n) is 4.65. The van der Waals surface area contributed by atoms with Crippen LogP contribution < -0.4 is 16.0 Å². The molecule has 2 rings (SSSR count). The molecule has 0 amide bonds. The number of aryl methyl sites for hydroxylation is 1. The lowest BCUT2D eigenvalue weighted by Gasteiger charge is -2.09. The Morgan fingerprint density at radius 2 is 1.95 bits per heavy atom. The summed E-state index contributed by atoms with van der Waals surface area (Å²) in [5.74, 6) is 0.229. The SMILES string of the molecule is Cc1nc(Nc2ccc(S(N)(=O)=O)cc2)[nH]c(=O)c1CCO. The highest BCUT2D eigenvalue weighted by atomic mass is 32.2. The topological polar surface area (TPSA) is 138 Å². The molecule has 0 aliphatic carbocycles. The molecule has 22 heavy (non-hydrogen) atoms. The molecule has 0 radical (unpaired) electrons.